The molecule has 1 heterocycles. The highest BCUT2D eigenvalue weighted by Gasteiger charge is 2.27. The van der Waals surface area contributed by atoms with Crippen LogP contribution in [0.15, 0.2) is 36.9 Å². The molecule has 144 valence electrons. The topological polar surface area (TPSA) is 51.2 Å². The lowest BCUT2D eigenvalue weighted by molar-refractivity contribution is 0.0470. The molecule has 1 aromatic heterocycles. The van der Waals surface area contributed by atoms with Gasteiger partial charge in [-0.25, -0.2) is 14.2 Å². The van der Waals surface area contributed by atoms with E-state index < -0.39 is 17.2 Å². The van der Waals surface area contributed by atoms with E-state index >= 15 is 0 Å². The number of carbonyl (C=O) groups is 1. The van der Waals surface area contributed by atoms with Crippen molar-refractivity contribution in [3.8, 4) is 11.3 Å². The summed E-state index contributed by atoms with van der Waals surface area (Å²) in [5.74, 6) is -0.259. The van der Waals surface area contributed by atoms with Gasteiger partial charge in [-0.1, -0.05) is 6.58 Å². The van der Waals surface area contributed by atoms with Crippen molar-refractivity contribution in [2.75, 3.05) is 0 Å². The number of hydrogen-bond donors (Lipinski definition) is 1. The maximum atomic E-state index is 13.6. The predicted octanol–water partition coefficient (Wildman–Crippen LogP) is 5.60. The fourth-order valence-corrected chi connectivity index (χ4v) is 2.60. The van der Waals surface area contributed by atoms with Crippen molar-refractivity contribution in [3.63, 3.8) is 0 Å². The SMILES string of the molecule is C=Cc1cc(C(C)(C)NC(=O)OC(C)(C)C)cc(-c2ccc(F)c(C)c2)n1. The number of aromatic nitrogens is 1. The Labute approximate surface area is 160 Å². The average molecular weight is 370 g/mol. The third-order valence-electron chi connectivity index (χ3n) is 4.04. The van der Waals surface area contributed by atoms with Crippen molar-refractivity contribution < 1.29 is 13.9 Å². The van der Waals surface area contributed by atoms with Crippen molar-refractivity contribution in [2.45, 2.75) is 52.7 Å². The number of nitrogens with one attached hydrogen (secondary N) is 1. The Kier molecular flexibility index (Phi) is 5.73. The molecule has 0 unspecified atom stereocenters. The first kappa shape index (κ1) is 20.6. The van der Waals surface area contributed by atoms with Gasteiger partial charge in [0.2, 0.25) is 0 Å². The molecule has 0 aliphatic rings. The van der Waals surface area contributed by atoms with Crippen LogP contribution in [0.25, 0.3) is 17.3 Å². The summed E-state index contributed by atoms with van der Waals surface area (Å²) < 4.78 is 19.0. The van der Waals surface area contributed by atoms with Crippen LogP contribution in [0.2, 0.25) is 0 Å². The fraction of sp³-hybridized carbons (Fsp3) is 0.364. The molecule has 0 bridgehead atoms. The summed E-state index contributed by atoms with van der Waals surface area (Å²) in [7, 11) is 0. The molecule has 1 aromatic carbocycles. The van der Waals surface area contributed by atoms with Gasteiger partial charge in [-0.2, -0.15) is 0 Å². The lowest BCUT2D eigenvalue weighted by Crippen LogP contribution is -2.43. The second-order valence-corrected chi connectivity index (χ2v) is 8.09. The zero-order valence-electron chi connectivity index (χ0n) is 16.8. The van der Waals surface area contributed by atoms with Gasteiger partial charge in [0.05, 0.1) is 16.9 Å². The number of carbonyl (C=O) groups excluding carboxylic acids is 1. The van der Waals surface area contributed by atoms with Crippen molar-refractivity contribution >= 4 is 12.2 Å². The van der Waals surface area contributed by atoms with Gasteiger partial charge in [0.25, 0.3) is 0 Å². The number of hydrogen-bond acceptors (Lipinski definition) is 3. The largest absolute Gasteiger partial charge is 0.444 e. The Morgan fingerprint density at radius 3 is 2.41 bits per heavy atom. The maximum Gasteiger partial charge on any atom is 0.408 e. The van der Waals surface area contributed by atoms with Crippen molar-refractivity contribution in [1.82, 2.24) is 10.3 Å². The van der Waals surface area contributed by atoms with Crippen LogP contribution in [0.5, 0.6) is 0 Å². The normalized spacial score (nSPS) is 11.8. The van der Waals surface area contributed by atoms with Crippen LogP contribution in [0, 0.1) is 12.7 Å². The molecule has 2 aromatic rings. The van der Waals surface area contributed by atoms with Crippen LogP contribution in [-0.4, -0.2) is 16.7 Å². The van der Waals surface area contributed by atoms with Gasteiger partial charge in [0, 0.05) is 5.56 Å². The fourth-order valence-electron chi connectivity index (χ4n) is 2.60. The first-order valence-corrected chi connectivity index (χ1v) is 8.84. The number of pyridine rings is 1. The first-order valence-electron chi connectivity index (χ1n) is 8.84. The van der Waals surface area contributed by atoms with Crippen LogP contribution in [-0.2, 0) is 10.3 Å². The van der Waals surface area contributed by atoms with Gasteiger partial charge in [-0.3, -0.25) is 0 Å². The smallest absolute Gasteiger partial charge is 0.408 e. The third-order valence-corrected chi connectivity index (χ3v) is 4.04. The molecule has 27 heavy (non-hydrogen) atoms. The van der Waals surface area contributed by atoms with E-state index in [1.807, 2.05) is 46.8 Å². The molecule has 4 nitrogen and oxygen atoms in total. The Morgan fingerprint density at radius 1 is 1.19 bits per heavy atom. The van der Waals surface area contributed by atoms with Gasteiger partial charge in [0.1, 0.15) is 11.4 Å². The lowest BCUT2D eigenvalue weighted by atomic mass is 9.92. The zero-order chi connectivity index (χ0) is 20.4. The number of halogens is 1. The molecule has 0 radical (unpaired) electrons. The molecular formula is C22H27FN2O2. The van der Waals surface area contributed by atoms with Crippen LogP contribution in [0.3, 0.4) is 0 Å². The number of alkyl carbamates (subject to hydrolysis) is 1. The Hall–Kier alpha value is -2.69. The third kappa shape index (κ3) is 5.39. The molecule has 0 aliphatic carbocycles. The number of ether oxygens (including phenoxy) is 1. The molecule has 0 saturated heterocycles. The summed E-state index contributed by atoms with van der Waals surface area (Å²) in [6, 6.07) is 8.62. The molecule has 0 saturated carbocycles. The van der Waals surface area contributed by atoms with Crippen molar-refractivity contribution in [3.05, 3.63) is 59.5 Å². The van der Waals surface area contributed by atoms with E-state index in [4.69, 9.17) is 4.74 Å². The Balaban J connectivity index is 2.42. The van der Waals surface area contributed by atoms with Crippen molar-refractivity contribution in [1.29, 1.82) is 0 Å². The second kappa shape index (κ2) is 7.51. The van der Waals surface area contributed by atoms with Crippen LogP contribution in [0.4, 0.5) is 9.18 Å². The summed E-state index contributed by atoms with van der Waals surface area (Å²) in [6.07, 6.45) is 1.15. The molecule has 5 heteroatoms. The maximum absolute atomic E-state index is 13.6. The van der Waals surface area contributed by atoms with Crippen LogP contribution < -0.4 is 5.32 Å². The highest BCUT2D eigenvalue weighted by molar-refractivity contribution is 5.70. The van der Waals surface area contributed by atoms with E-state index in [1.165, 1.54) is 6.07 Å². The molecule has 0 fully saturated rings. The minimum Gasteiger partial charge on any atom is -0.444 e. The summed E-state index contributed by atoms with van der Waals surface area (Å²) in [4.78, 5) is 16.8. The van der Waals surface area contributed by atoms with Gasteiger partial charge < -0.3 is 10.1 Å². The lowest BCUT2D eigenvalue weighted by Gasteiger charge is -2.29. The summed E-state index contributed by atoms with van der Waals surface area (Å²) in [5.41, 5.74) is 2.26. The van der Waals surface area contributed by atoms with Crippen molar-refractivity contribution in [2.24, 2.45) is 0 Å². The van der Waals surface area contributed by atoms with Gasteiger partial charge in [0.15, 0.2) is 0 Å². The molecule has 1 N–H and O–H groups in total. The van der Waals surface area contributed by atoms with Gasteiger partial charge in [-0.15, -0.1) is 0 Å². The minimum atomic E-state index is -0.702. The second-order valence-electron chi connectivity index (χ2n) is 8.09. The van der Waals surface area contributed by atoms with Crippen LogP contribution >= 0.6 is 0 Å². The standard InChI is InChI=1S/C22H27FN2O2/c1-8-17-12-16(22(6,7)25-20(26)27-21(3,4)5)13-19(24-17)15-9-10-18(23)14(2)11-15/h8-13H,1H2,2-7H3,(H,25,26). The van der Waals surface area contributed by atoms with E-state index in [1.54, 1.807) is 25.1 Å². The predicted molar refractivity (Wildman–Crippen MR) is 107 cm³/mol. The average Bonchev–Trinajstić information content (AvgIpc) is 2.54. The molecular weight excluding hydrogens is 343 g/mol. The van der Waals surface area contributed by atoms with E-state index in [2.05, 4.69) is 16.9 Å². The van der Waals surface area contributed by atoms with Crippen LogP contribution in [0.1, 0.15) is 51.4 Å². The Morgan fingerprint density at radius 2 is 1.85 bits per heavy atom. The van der Waals surface area contributed by atoms with E-state index in [0.29, 0.717) is 17.0 Å². The molecule has 0 aliphatic heterocycles. The highest BCUT2D eigenvalue weighted by atomic mass is 19.1. The number of nitrogens with zero attached hydrogens (tertiary/aromatic N) is 1. The number of aryl methyl sites for hydroxylation is 1. The number of benzene rings is 1. The summed E-state index contributed by atoms with van der Waals surface area (Å²) >= 11 is 0. The minimum absolute atomic E-state index is 0.259. The van der Waals surface area contributed by atoms with Gasteiger partial charge in [-0.05, 0) is 89.1 Å². The molecule has 2 rings (SSSR count). The number of rotatable bonds is 4. The molecule has 1 amide bonds. The summed E-state index contributed by atoms with van der Waals surface area (Å²) in [5, 5.41) is 2.90. The van der Waals surface area contributed by atoms with E-state index in [0.717, 1.165) is 11.1 Å². The monoisotopic (exact) mass is 370 g/mol. The molecule has 0 spiro atoms. The zero-order valence-corrected chi connectivity index (χ0v) is 16.8. The highest BCUT2D eigenvalue weighted by Crippen LogP contribution is 2.28. The summed E-state index contributed by atoms with van der Waals surface area (Å²) in [6.45, 7) is 14.7. The first-order chi connectivity index (χ1) is 12.4. The van der Waals surface area contributed by atoms with E-state index in [9.17, 15) is 9.18 Å². The molecule has 0 atom stereocenters. The Bertz CT molecular complexity index is 867. The van der Waals surface area contributed by atoms with E-state index in [-0.39, 0.29) is 5.82 Å². The quantitative estimate of drug-likeness (QED) is 0.762. The number of amides is 1. The van der Waals surface area contributed by atoms with Gasteiger partial charge >= 0.3 is 6.09 Å².